The van der Waals surface area contributed by atoms with Crippen molar-refractivity contribution in [2.75, 3.05) is 16.8 Å². The molecule has 0 saturated carbocycles. The van der Waals surface area contributed by atoms with Crippen LogP contribution in [0, 0.1) is 10.7 Å². The van der Waals surface area contributed by atoms with E-state index in [9.17, 15) is 18.9 Å². The molecule has 1 saturated heterocycles. The maximum atomic E-state index is 13.3. The van der Waals surface area contributed by atoms with Gasteiger partial charge in [0.15, 0.2) is 0 Å². The lowest BCUT2D eigenvalue weighted by molar-refractivity contribution is -0.117. The maximum absolute atomic E-state index is 13.3. The summed E-state index contributed by atoms with van der Waals surface area (Å²) in [5, 5.41) is 9.94. The number of halogens is 2. The van der Waals surface area contributed by atoms with Crippen molar-refractivity contribution in [3.05, 3.63) is 45.8 Å². The molecule has 2 aromatic rings. The van der Waals surface area contributed by atoms with E-state index in [0.717, 1.165) is 0 Å². The van der Waals surface area contributed by atoms with Crippen LogP contribution >= 0.6 is 11.6 Å². The highest BCUT2D eigenvalue weighted by Gasteiger charge is 2.36. The molecule has 1 N–H and O–H groups in total. The van der Waals surface area contributed by atoms with Gasteiger partial charge in [0.2, 0.25) is 5.91 Å². The topological polar surface area (TPSA) is 99.9 Å². The number of nitrogens with one attached hydrogen (secondary N) is 1. The van der Waals surface area contributed by atoms with Crippen molar-refractivity contribution in [3.63, 3.8) is 0 Å². The average Bonchev–Trinajstić information content (AvgIpc) is 3.26. The molecular formula is C18H18ClFN6O3. The molecule has 9 nitrogen and oxygen atoms in total. The Hall–Kier alpha value is -3.01. The number of urea groups is 1. The first-order chi connectivity index (χ1) is 13.9. The molecule has 1 unspecified atom stereocenters. The Bertz CT molecular complexity index is 996. The minimum absolute atomic E-state index is 0.0695. The van der Waals surface area contributed by atoms with E-state index in [4.69, 9.17) is 11.6 Å². The molecule has 1 fully saturated rings. The van der Waals surface area contributed by atoms with Gasteiger partial charge in [-0.05, 0) is 25.1 Å². The molecule has 3 amide bonds. The number of hydrogen-bond donors (Lipinski definition) is 1. The van der Waals surface area contributed by atoms with Gasteiger partial charge in [0.05, 0.1) is 54.7 Å². The van der Waals surface area contributed by atoms with Crippen molar-refractivity contribution in [2.45, 2.75) is 38.5 Å². The van der Waals surface area contributed by atoms with Crippen LogP contribution in [-0.2, 0) is 17.9 Å². The van der Waals surface area contributed by atoms with Crippen molar-refractivity contribution in [1.29, 1.82) is 0 Å². The summed E-state index contributed by atoms with van der Waals surface area (Å²) in [7, 11) is 0. The van der Waals surface area contributed by atoms with E-state index in [2.05, 4.69) is 15.6 Å². The van der Waals surface area contributed by atoms with E-state index in [1.165, 1.54) is 23.1 Å². The summed E-state index contributed by atoms with van der Waals surface area (Å²) in [4.78, 5) is 39.0. The second kappa shape index (κ2) is 7.43. The molecule has 0 spiro atoms. The third-order valence-corrected chi connectivity index (χ3v) is 5.48. The molecule has 2 aliphatic heterocycles. The van der Waals surface area contributed by atoms with Gasteiger partial charge < -0.3 is 15.1 Å². The smallest absolute Gasteiger partial charge is 0.314 e. The van der Waals surface area contributed by atoms with Gasteiger partial charge in [-0.2, -0.15) is 10.0 Å². The molecule has 4 rings (SSSR count). The molecule has 1 aromatic heterocycles. The molecule has 2 aliphatic rings. The van der Waals surface area contributed by atoms with Crippen LogP contribution in [0.25, 0.3) is 0 Å². The van der Waals surface area contributed by atoms with Gasteiger partial charge in [-0.1, -0.05) is 16.8 Å². The van der Waals surface area contributed by atoms with Crippen LogP contribution in [0.4, 0.5) is 20.6 Å². The number of nitroso groups, excluding NO2 is 1. The Morgan fingerprint density at radius 2 is 2.17 bits per heavy atom. The number of amides is 3. The van der Waals surface area contributed by atoms with E-state index < -0.39 is 11.9 Å². The molecule has 0 bridgehead atoms. The SMILES string of the molecule is C[C@H]1Cn2ncc(N3CC(N=O)CC3=O)c2CN1C(=O)Nc1ccc(F)c(Cl)c1. The quantitative estimate of drug-likeness (QED) is 0.771. The number of benzene rings is 1. The number of rotatable bonds is 3. The lowest BCUT2D eigenvalue weighted by Crippen LogP contribution is -2.47. The van der Waals surface area contributed by atoms with Crippen molar-refractivity contribution in [3.8, 4) is 0 Å². The van der Waals surface area contributed by atoms with Crippen LogP contribution in [-0.4, -0.2) is 45.2 Å². The average molecular weight is 421 g/mol. The summed E-state index contributed by atoms with van der Waals surface area (Å²) in [6.07, 6.45) is 1.65. The first kappa shape index (κ1) is 19.3. The molecular weight excluding hydrogens is 403 g/mol. The Labute approximate surface area is 170 Å². The third-order valence-electron chi connectivity index (χ3n) is 5.19. The predicted molar refractivity (Wildman–Crippen MR) is 104 cm³/mol. The van der Waals surface area contributed by atoms with Crippen LogP contribution in [0.2, 0.25) is 5.02 Å². The van der Waals surface area contributed by atoms with Gasteiger partial charge >= 0.3 is 6.03 Å². The highest BCUT2D eigenvalue weighted by molar-refractivity contribution is 6.31. The second-order valence-corrected chi connectivity index (χ2v) is 7.57. The first-order valence-corrected chi connectivity index (χ1v) is 9.45. The molecule has 2 atom stereocenters. The summed E-state index contributed by atoms with van der Waals surface area (Å²) < 4.78 is 15.1. The lowest BCUT2D eigenvalue weighted by Gasteiger charge is -2.35. The molecule has 152 valence electrons. The van der Waals surface area contributed by atoms with Gasteiger partial charge in [-0.3, -0.25) is 9.48 Å². The van der Waals surface area contributed by atoms with Gasteiger partial charge in [0, 0.05) is 5.69 Å². The number of aromatic nitrogens is 2. The molecule has 0 radical (unpaired) electrons. The van der Waals surface area contributed by atoms with E-state index >= 15 is 0 Å². The molecule has 0 aliphatic carbocycles. The fraction of sp³-hybridized carbons (Fsp3) is 0.389. The van der Waals surface area contributed by atoms with E-state index in [-0.39, 0.29) is 42.5 Å². The van der Waals surface area contributed by atoms with Crippen molar-refractivity contribution < 1.29 is 14.0 Å². The van der Waals surface area contributed by atoms with Crippen molar-refractivity contribution in [1.82, 2.24) is 14.7 Å². The normalized spacial score (nSPS) is 21.3. The maximum Gasteiger partial charge on any atom is 0.322 e. The van der Waals surface area contributed by atoms with Crippen LogP contribution in [0.5, 0.6) is 0 Å². The zero-order valence-corrected chi connectivity index (χ0v) is 16.3. The highest BCUT2D eigenvalue weighted by Crippen LogP contribution is 2.31. The molecule has 3 heterocycles. The van der Waals surface area contributed by atoms with Crippen LogP contribution in [0.1, 0.15) is 19.0 Å². The number of hydrogen-bond acceptors (Lipinski definition) is 5. The van der Waals surface area contributed by atoms with Crippen molar-refractivity contribution in [2.24, 2.45) is 5.18 Å². The Morgan fingerprint density at radius 3 is 2.86 bits per heavy atom. The largest absolute Gasteiger partial charge is 0.322 e. The fourth-order valence-corrected chi connectivity index (χ4v) is 3.83. The standard InChI is InChI=1S/C18H18ClFN6O3/c1-10-7-26-16(15(6-21-26)25-8-12(23-29)5-17(25)27)9-24(10)18(28)22-11-2-3-14(20)13(19)4-11/h2-4,6,10,12H,5,7-9H2,1H3,(H,22,28)/t10-,12?/m0/s1. The third kappa shape index (κ3) is 3.55. The number of carbonyl (C=O) groups is 2. The van der Waals surface area contributed by atoms with Gasteiger partial charge in [0.1, 0.15) is 11.9 Å². The lowest BCUT2D eigenvalue weighted by atomic mass is 10.2. The zero-order chi connectivity index (χ0) is 20.7. The van der Waals surface area contributed by atoms with E-state index in [0.29, 0.717) is 23.6 Å². The van der Waals surface area contributed by atoms with E-state index in [1.807, 2.05) is 6.92 Å². The number of anilines is 2. The van der Waals surface area contributed by atoms with E-state index in [1.54, 1.807) is 15.8 Å². The molecule has 29 heavy (non-hydrogen) atoms. The van der Waals surface area contributed by atoms with Crippen LogP contribution in [0.3, 0.4) is 0 Å². The Kier molecular flexibility index (Phi) is 4.95. The first-order valence-electron chi connectivity index (χ1n) is 9.07. The Balaban J connectivity index is 1.55. The summed E-state index contributed by atoms with van der Waals surface area (Å²) in [5.41, 5.74) is 1.66. The van der Waals surface area contributed by atoms with Crippen molar-refractivity contribution >= 4 is 34.9 Å². The number of nitrogens with zero attached hydrogens (tertiary/aromatic N) is 5. The molecule has 11 heteroatoms. The minimum atomic E-state index is -0.580. The second-order valence-electron chi connectivity index (χ2n) is 7.16. The summed E-state index contributed by atoms with van der Waals surface area (Å²) >= 11 is 5.78. The van der Waals surface area contributed by atoms with Gasteiger partial charge in [-0.15, -0.1) is 0 Å². The molecule has 1 aromatic carbocycles. The Morgan fingerprint density at radius 1 is 1.38 bits per heavy atom. The highest BCUT2D eigenvalue weighted by atomic mass is 35.5. The monoisotopic (exact) mass is 420 g/mol. The zero-order valence-electron chi connectivity index (χ0n) is 15.5. The summed E-state index contributed by atoms with van der Waals surface area (Å²) in [6.45, 7) is 2.76. The predicted octanol–water partition coefficient (Wildman–Crippen LogP) is 2.98. The fourth-order valence-electron chi connectivity index (χ4n) is 3.65. The van der Waals surface area contributed by atoms with Gasteiger partial charge in [-0.25, -0.2) is 9.18 Å². The summed E-state index contributed by atoms with van der Waals surface area (Å²) in [5.74, 6) is -0.760. The van der Waals surface area contributed by atoms with Gasteiger partial charge in [0.25, 0.3) is 0 Å². The van der Waals surface area contributed by atoms with Crippen LogP contribution in [0.15, 0.2) is 29.6 Å². The van der Waals surface area contributed by atoms with Crippen LogP contribution < -0.4 is 10.2 Å². The minimum Gasteiger partial charge on any atom is -0.314 e. The summed E-state index contributed by atoms with van der Waals surface area (Å²) in [6, 6.07) is 2.83. The number of fused-ring (bicyclic) bond motifs is 1. The number of carbonyl (C=O) groups excluding carboxylic acids is 2.